The first-order valence-electron chi connectivity index (χ1n) is 10.9. The van der Waals surface area contributed by atoms with Crippen molar-refractivity contribution >= 4 is 11.8 Å². The van der Waals surface area contributed by atoms with Crippen molar-refractivity contribution in [2.45, 2.75) is 31.5 Å². The molecule has 32 heavy (non-hydrogen) atoms. The van der Waals surface area contributed by atoms with E-state index >= 15 is 0 Å². The first-order chi connectivity index (χ1) is 15.4. The second kappa shape index (κ2) is 8.02. The molecule has 5 rings (SSSR count). The lowest BCUT2D eigenvalue weighted by Crippen LogP contribution is -2.46. The number of aromatic nitrogens is 3. The number of pyridine rings is 1. The van der Waals surface area contributed by atoms with Gasteiger partial charge in [0.25, 0.3) is 5.56 Å². The summed E-state index contributed by atoms with van der Waals surface area (Å²) < 4.78 is 14.9. The van der Waals surface area contributed by atoms with Crippen LogP contribution in [0.2, 0.25) is 0 Å². The molecule has 0 aliphatic carbocycles. The summed E-state index contributed by atoms with van der Waals surface area (Å²) in [6, 6.07) is 12.6. The van der Waals surface area contributed by atoms with E-state index in [9.17, 15) is 9.18 Å². The van der Waals surface area contributed by atoms with E-state index in [0.29, 0.717) is 23.6 Å². The van der Waals surface area contributed by atoms with Gasteiger partial charge in [-0.1, -0.05) is 12.1 Å². The Morgan fingerprint density at radius 3 is 2.56 bits per heavy atom. The predicted molar refractivity (Wildman–Crippen MR) is 123 cm³/mol. The molecule has 7 nitrogen and oxygen atoms in total. The number of piperazine rings is 1. The molecule has 8 heteroatoms. The smallest absolute Gasteiger partial charge is 0.255 e. The van der Waals surface area contributed by atoms with Crippen LogP contribution in [0.25, 0.3) is 11.3 Å². The number of anilines is 2. The number of halogens is 1. The average molecular weight is 435 g/mol. The van der Waals surface area contributed by atoms with Gasteiger partial charge < -0.3 is 10.2 Å². The van der Waals surface area contributed by atoms with Crippen molar-refractivity contribution < 1.29 is 4.39 Å². The number of benzene rings is 1. The van der Waals surface area contributed by atoms with Crippen molar-refractivity contribution in [3.8, 4) is 11.3 Å². The van der Waals surface area contributed by atoms with Crippen molar-refractivity contribution in [3.63, 3.8) is 0 Å². The standard InChI is InChI=1S/C24H27FN6O/c1-15(16-4-6-18(25)7-5-16)27-22-10-17(8-9-26-22)21-12-23(32)30(3)24(28-21)31-14-19-11-20(31)13-29(19)2/h4-10,12,15,19-20H,11,13-14H2,1-3H3,(H,26,27)/t15-,19?,20?/m0/s1. The predicted octanol–water partition coefficient (Wildman–Crippen LogP) is 3.05. The molecule has 0 amide bonds. The van der Waals surface area contributed by atoms with Gasteiger partial charge in [-0.05, 0) is 50.2 Å². The molecule has 2 fully saturated rings. The zero-order valence-corrected chi connectivity index (χ0v) is 18.5. The maximum Gasteiger partial charge on any atom is 0.255 e. The van der Waals surface area contributed by atoms with Crippen LogP contribution in [0.3, 0.4) is 0 Å². The van der Waals surface area contributed by atoms with Gasteiger partial charge in [-0.2, -0.15) is 0 Å². The van der Waals surface area contributed by atoms with E-state index in [4.69, 9.17) is 4.98 Å². The molecule has 1 N–H and O–H groups in total. The number of likely N-dealkylation sites (tertiary alicyclic amines) is 1. The van der Waals surface area contributed by atoms with Gasteiger partial charge in [-0.25, -0.2) is 14.4 Å². The Kier molecular flexibility index (Phi) is 5.17. The molecule has 3 aromatic rings. The van der Waals surface area contributed by atoms with Crippen LogP contribution in [0, 0.1) is 5.82 Å². The fourth-order valence-corrected chi connectivity index (χ4v) is 4.77. The molecule has 0 spiro atoms. The van der Waals surface area contributed by atoms with Crippen LogP contribution < -0.4 is 15.8 Å². The molecule has 2 bridgehead atoms. The molecule has 2 aromatic heterocycles. The summed E-state index contributed by atoms with van der Waals surface area (Å²) >= 11 is 0. The molecular formula is C24H27FN6O. The molecule has 2 unspecified atom stereocenters. The molecule has 2 aliphatic rings. The summed E-state index contributed by atoms with van der Waals surface area (Å²) in [5, 5.41) is 3.35. The summed E-state index contributed by atoms with van der Waals surface area (Å²) in [6.45, 7) is 3.88. The van der Waals surface area contributed by atoms with E-state index < -0.39 is 0 Å². The van der Waals surface area contributed by atoms with E-state index in [1.165, 1.54) is 12.1 Å². The third-order valence-electron chi connectivity index (χ3n) is 6.67. The van der Waals surface area contributed by atoms with Crippen molar-refractivity contribution in [2.75, 3.05) is 30.4 Å². The Morgan fingerprint density at radius 2 is 1.88 bits per heavy atom. The summed E-state index contributed by atoms with van der Waals surface area (Å²) in [5.74, 6) is 1.13. The minimum atomic E-state index is -0.258. The highest BCUT2D eigenvalue weighted by molar-refractivity contribution is 5.64. The highest BCUT2D eigenvalue weighted by Crippen LogP contribution is 2.33. The van der Waals surface area contributed by atoms with Crippen LogP contribution in [0.15, 0.2) is 53.5 Å². The number of fused-ring (bicyclic) bond motifs is 2. The zero-order valence-electron chi connectivity index (χ0n) is 18.5. The Bertz CT molecular complexity index is 1190. The van der Waals surface area contributed by atoms with Crippen LogP contribution in [-0.2, 0) is 7.05 Å². The summed E-state index contributed by atoms with van der Waals surface area (Å²) in [7, 11) is 3.94. The molecule has 2 saturated heterocycles. The number of rotatable bonds is 5. The van der Waals surface area contributed by atoms with E-state index in [-0.39, 0.29) is 17.4 Å². The lowest BCUT2D eigenvalue weighted by atomic mass is 10.1. The normalized spacial score (nSPS) is 21.2. The van der Waals surface area contributed by atoms with Crippen LogP contribution in [0.1, 0.15) is 24.9 Å². The molecule has 2 aliphatic heterocycles. The Labute approximate surface area is 186 Å². The van der Waals surface area contributed by atoms with Gasteiger partial charge >= 0.3 is 0 Å². The number of likely N-dealkylation sites (N-methyl/N-ethyl adjacent to an activating group) is 1. The van der Waals surface area contributed by atoms with Gasteiger partial charge in [0, 0.05) is 56.1 Å². The number of nitrogens with one attached hydrogen (secondary N) is 1. The number of nitrogens with zero attached hydrogens (tertiary/aromatic N) is 5. The Balaban J connectivity index is 1.42. The van der Waals surface area contributed by atoms with Gasteiger partial charge in [0.2, 0.25) is 5.95 Å². The van der Waals surface area contributed by atoms with Gasteiger partial charge in [-0.15, -0.1) is 0 Å². The quantitative estimate of drug-likeness (QED) is 0.666. The van der Waals surface area contributed by atoms with Gasteiger partial charge in [0.15, 0.2) is 0 Å². The highest BCUT2D eigenvalue weighted by Gasteiger charge is 2.42. The topological polar surface area (TPSA) is 66.3 Å². The van der Waals surface area contributed by atoms with Crippen LogP contribution in [0.4, 0.5) is 16.2 Å². The van der Waals surface area contributed by atoms with Crippen molar-refractivity contribution in [2.24, 2.45) is 7.05 Å². The summed E-state index contributed by atoms with van der Waals surface area (Å²) in [6.07, 6.45) is 2.82. The van der Waals surface area contributed by atoms with Crippen molar-refractivity contribution in [1.29, 1.82) is 0 Å². The van der Waals surface area contributed by atoms with Crippen molar-refractivity contribution in [3.05, 3.63) is 70.4 Å². The fourth-order valence-electron chi connectivity index (χ4n) is 4.77. The molecule has 166 valence electrons. The van der Waals surface area contributed by atoms with E-state index in [1.807, 2.05) is 19.1 Å². The number of hydrogen-bond donors (Lipinski definition) is 1. The molecular weight excluding hydrogens is 407 g/mol. The minimum Gasteiger partial charge on any atom is -0.364 e. The van der Waals surface area contributed by atoms with Gasteiger partial charge in [0.05, 0.1) is 5.69 Å². The maximum atomic E-state index is 13.2. The summed E-state index contributed by atoms with van der Waals surface area (Å²) in [4.78, 5) is 26.7. The largest absolute Gasteiger partial charge is 0.364 e. The molecule has 4 heterocycles. The fraction of sp³-hybridized carbons (Fsp3) is 0.375. The SMILES string of the molecule is C[C@H](Nc1cc(-c2cc(=O)n(C)c(N3CC4CC3CN4C)n2)ccn1)c1ccc(F)cc1. The first kappa shape index (κ1) is 20.6. The molecule has 0 saturated carbocycles. The zero-order chi connectivity index (χ0) is 22.4. The van der Waals surface area contributed by atoms with E-state index in [0.717, 1.165) is 36.6 Å². The summed E-state index contributed by atoms with van der Waals surface area (Å²) in [5.41, 5.74) is 2.35. The van der Waals surface area contributed by atoms with Gasteiger partial charge in [-0.3, -0.25) is 14.3 Å². The third kappa shape index (κ3) is 3.75. The maximum absolute atomic E-state index is 13.2. The molecule has 1 aromatic carbocycles. The second-order valence-corrected chi connectivity index (χ2v) is 8.82. The monoisotopic (exact) mass is 434 g/mol. The Morgan fingerprint density at radius 1 is 1.09 bits per heavy atom. The highest BCUT2D eigenvalue weighted by atomic mass is 19.1. The average Bonchev–Trinajstić information content (AvgIpc) is 3.35. The lowest BCUT2D eigenvalue weighted by Gasteiger charge is -2.33. The van der Waals surface area contributed by atoms with Crippen LogP contribution in [0.5, 0.6) is 0 Å². The van der Waals surface area contributed by atoms with Crippen molar-refractivity contribution in [1.82, 2.24) is 19.4 Å². The number of hydrogen-bond acceptors (Lipinski definition) is 6. The molecule has 0 radical (unpaired) electrons. The first-order valence-corrected chi connectivity index (χ1v) is 10.9. The van der Waals surface area contributed by atoms with E-state index in [2.05, 4.69) is 27.1 Å². The van der Waals surface area contributed by atoms with E-state index in [1.54, 1.807) is 36.0 Å². The second-order valence-electron chi connectivity index (χ2n) is 8.82. The van der Waals surface area contributed by atoms with Crippen LogP contribution in [-0.4, -0.2) is 51.7 Å². The minimum absolute atomic E-state index is 0.0531. The van der Waals surface area contributed by atoms with Crippen LogP contribution >= 0.6 is 0 Å². The third-order valence-corrected chi connectivity index (χ3v) is 6.67. The lowest BCUT2D eigenvalue weighted by molar-refractivity contribution is 0.290. The van der Waals surface area contributed by atoms with Gasteiger partial charge in [0.1, 0.15) is 11.6 Å². The molecule has 3 atom stereocenters. The Hall–Kier alpha value is -3.26.